The van der Waals surface area contributed by atoms with Gasteiger partial charge in [0, 0.05) is 18.7 Å². The van der Waals surface area contributed by atoms with Crippen LogP contribution in [0.5, 0.6) is 0 Å². The second-order valence-corrected chi connectivity index (χ2v) is 6.36. The van der Waals surface area contributed by atoms with E-state index in [1.807, 2.05) is 0 Å². The van der Waals surface area contributed by atoms with Crippen molar-refractivity contribution in [3.8, 4) is 0 Å². The van der Waals surface area contributed by atoms with Crippen LogP contribution in [0.15, 0.2) is 24.3 Å². The van der Waals surface area contributed by atoms with Gasteiger partial charge in [-0.2, -0.15) is 0 Å². The highest BCUT2D eigenvalue weighted by Gasteiger charge is 2.24. The molecule has 1 atom stereocenters. The van der Waals surface area contributed by atoms with Crippen LogP contribution < -0.4 is 5.32 Å². The quantitative estimate of drug-likeness (QED) is 0.632. The molecule has 0 bridgehead atoms. The second kappa shape index (κ2) is 9.11. The zero-order valence-electron chi connectivity index (χ0n) is 13.6. The molecular formula is C15H18FN5O3S. The van der Waals surface area contributed by atoms with E-state index in [0.29, 0.717) is 24.5 Å². The van der Waals surface area contributed by atoms with Gasteiger partial charge in [0.2, 0.25) is 5.91 Å². The first-order chi connectivity index (χ1) is 12.0. The Kier molecular flexibility index (Phi) is 6.87. The van der Waals surface area contributed by atoms with Crippen LogP contribution >= 0.6 is 11.8 Å². The Morgan fingerprint density at radius 3 is 2.68 bits per heavy atom. The Bertz CT molecular complexity index is 722. The predicted octanol–water partition coefficient (Wildman–Crippen LogP) is 0.838. The molecule has 0 radical (unpaired) electrons. The SMILES string of the molecule is Cc1nnnn1C(Cc1ccc(F)cc1)C(=O)NCCSCC(=O)O. The maximum Gasteiger partial charge on any atom is 0.313 e. The molecule has 0 aliphatic heterocycles. The van der Waals surface area contributed by atoms with Crippen LogP contribution in [0.1, 0.15) is 17.4 Å². The van der Waals surface area contributed by atoms with Gasteiger partial charge in [0.1, 0.15) is 17.7 Å². The van der Waals surface area contributed by atoms with Gasteiger partial charge in [-0.25, -0.2) is 9.07 Å². The number of nitrogens with one attached hydrogen (secondary N) is 1. The lowest BCUT2D eigenvalue weighted by Crippen LogP contribution is -2.36. The number of carbonyl (C=O) groups is 2. The number of amides is 1. The lowest BCUT2D eigenvalue weighted by molar-refractivity contribution is -0.134. The smallest absolute Gasteiger partial charge is 0.313 e. The maximum absolute atomic E-state index is 13.1. The minimum atomic E-state index is -0.894. The largest absolute Gasteiger partial charge is 0.481 e. The molecule has 8 nitrogen and oxygen atoms in total. The molecule has 1 unspecified atom stereocenters. The Labute approximate surface area is 147 Å². The highest BCUT2D eigenvalue weighted by atomic mass is 32.2. The minimum absolute atomic E-state index is 0.0129. The number of tetrazole rings is 1. The van der Waals surface area contributed by atoms with E-state index in [9.17, 15) is 14.0 Å². The molecule has 1 aromatic carbocycles. The molecule has 10 heteroatoms. The lowest BCUT2D eigenvalue weighted by atomic mass is 10.1. The molecule has 134 valence electrons. The number of aromatic nitrogens is 4. The van der Waals surface area contributed by atoms with Gasteiger partial charge in [-0.05, 0) is 35.0 Å². The summed E-state index contributed by atoms with van der Waals surface area (Å²) in [5.41, 5.74) is 0.775. The molecule has 2 rings (SSSR count). The third-order valence-corrected chi connectivity index (χ3v) is 4.31. The Balaban J connectivity index is 2.01. The van der Waals surface area contributed by atoms with Gasteiger partial charge in [-0.1, -0.05) is 12.1 Å². The first kappa shape index (κ1) is 18.8. The molecule has 1 aromatic heterocycles. The van der Waals surface area contributed by atoms with Crippen LogP contribution in [0, 0.1) is 12.7 Å². The molecule has 0 spiro atoms. The molecule has 0 fully saturated rings. The van der Waals surface area contributed by atoms with Gasteiger partial charge in [0.25, 0.3) is 0 Å². The second-order valence-electron chi connectivity index (χ2n) is 5.25. The minimum Gasteiger partial charge on any atom is -0.481 e. The van der Waals surface area contributed by atoms with Crippen LogP contribution in [0.25, 0.3) is 0 Å². The van der Waals surface area contributed by atoms with Gasteiger partial charge in [0.05, 0.1) is 5.75 Å². The van der Waals surface area contributed by atoms with Crippen molar-refractivity contribution in [3.05, 3.63) is 41.5 Å². The van der Waals surface area contributed by atoms with E-state index in [1.54, 1.807) is 19.1 Å². The van der Waals surface area contributed by atoms with E-state index in [0.717, 1.165) is 5.56 Å². The van der Waals surface area contributed by atoms with Crippen molar-refractivity contribution in [2.75, 3.05) is 18.1 Å². The number of carbonyl (C=O) groups excluding carboxylic acids is 1. The number of hydrogen-bond acceptors (Lipinski definition) is 6. The predicted molar refractivity (Wildman–Crippen MR) is 89.7 cm³/mol. The summed E-state index contributed by atoms with van der Waals surface area (Å²) < 4.78 is 14.5. The van der Waals surface area contributed by atoms with Crippen molar-refractivity contribution in [1.29, 1.82) is 0 Å². The van der Waals surface area contributed by atoms with Crippen molar-refractivity contribution >= 4 is 23.6 Å². The summed E-state index contributed by atoms with van der Waals surface area (Å²) in [7, 11) is 0. The Morgan fingerprint density at radius 1 is 1.36 bits per heavy atom. The van der Waals surface area contributed by atoms with Crippen LogP contribution in [0.2, 0.25) is 0 Å². The van der Waals surface area contributed by atoms with Gasteiger partial charge < -0.3 is 10.4 Å². The fourth-order valence-electron chi connectivity index (χ4n) is 2.18. The highest BCUT2D eigenvalue weighted by Crippen LogP contribution is 2.15. The Hall–Kier alpha value is -2.49. The van der Waals surface area contributed by atoms with Crippen molar-refractivity contribution in [2.45, 2.75) is 19.4 Å². The van der Waals surface area contributed by atoms with Crippen LogP contribution in [-0.2, 0) is 16.0 Å². The zero-order chi connectivity index (χ0) is 18.2. The summed E-state index contributed by atoms with van der Waals surface area (Å²) in [6, 6.07) is 5.21. The number of aryl methyl sites for hydroxylation is 1. The monoisotopic (exact) mass is 367 g/mol. The number of hydrogen-bond donors (Lipinski definition) is 2. The molecule has 25 heavy (non-hydrogen) atoms. The fraction of sp³-hybridized carbons (Fsp3) is 0.400. The molecule has 0 aliphatic rings. The molecule has 0 saturated heterocycles. The van der Waals surface area contributed by atoms with E-state index in [4.69, 9.17) is 5.11 Å². The summed E-state index contributed by atoms with van der Waals surface area (Å²) in [5.74, 6) is -0.566. The van der Waals surface area contributed by atoms with Gasteiger partial charge in [-0.15, -0.1) is 16.9 Å². The standard InChI is InChI=1S/C15H18FN5O3S/c1-10-18-19-20-21(10)13(8-11-2-4-12(16)5-3-11)15(24)17-6-7-25-9-14(22)23/h2-5,13H,6-9H2,1H3,(H,17,24)(H,22,23). The lowest BCUT2D eigenvalue weighted by Gasteiger charge is -2.17. The Morgan fingerprint density at radius 2 is 2.08 bits per heavy atom. The first-order valence-electron chi connectivity index (χ1n) is 7.53. The van der Waals surface area contributed by atoms with E-state index in [-0.39, 0.29) is 17.5 Å². The third-order valence-electron chi connectivity index (χ3n) is 3.37. The van der Waals surface area contributed by atoms with E-state index < -0.39 is 12.0 Å². The molecule has 1 amide bonds. The van der Waals surface area contributed by atoms with Gasteiger partial charge in [0.15, 0.2) is 0 Å². The summed E-state index contributed by atoms with van der Waals surface area (Å²) in [5, 5.41) is 22.6. The van der Waals surface area contributed by atoms with Crippen molar-refractivity contribution in [3.63, 3.8) is 0 Å². The van der Waals surface area contributed by atoms with E-state index in [1.165, 1.54) is 28.6 Å². The molecule has 2 N–H and O–H groups in total. The summed E-state index contributed by atoms with van der Waals surface area (Å²) >= 11 is 1.22. The average molecular weight is 367 g/mol. The number of nitrogens with zero attached hydrogens (tertiary/aromatic N) is 4. The van der Waals surface area contributed by atoms with Gasteiger partial charge >= 0.3 is 5.97 Å². The van der Waals surface area contributed by atoms with Crippen LogP contribution in [0.4, 0.5) is 4.39 Å². The maximum atomic E-state index is 13.1. The van der Waals surface area contributed by atoms with Crippen LogP contribution in [-0.4, -0.2) is 55.2 Å². The molecular weight excluding hydrogens is 349 g/mol. The summed E-state index contributed by atoms with van der Waals surface area (Å²) in [4.78, 5) is 23.0. The zero-order valence-corrected chi connectivity index (χ0v) is 14.4. The number of benzene rings is 1. The topological polar surface area (TPSA) is 110 Å². The fourth-order valence-corrected chi connectivity index (χ4v) is 2.75. The van der Waals surface area contributed by atoms with Crippen molar-refractivity contribution in [2.24, 2.45) is 0 Å². The summed E-state index contributed by atoms with van der Waals surface area (Å²) in [6.07, 6.45) is 0.306. The molecule has 0 saturated carbocycles. The van der Waals surface area contributed by atoms with Crippen molar-refractivity contribution in [1.82, 2.24) is 25.5 Å². The number of halogens is 1. The van der Waals surface area contributed by atoms with Crippen molar-refractivity contribution < 1.29 is 19.1 Å². The number of aliphatic carboxylic acids is 1. The third kappa shape index (κ3) is 5.82. The number of carboxylic acids is 1. The molecule has 0 aliphatic carbocycles. The van der Waals surface area contributed by atoms with Crippen LogP contribution in [0.3, 0.4) is 0 Å². The molecule has 2 aromatic rings. The highest BCUT2D eigenvalue weighted by molar-refractivity contribution is 7.99. The number of carboxylic acid groups (broad SMARTS) is 1. The van der Waals surface area contributed by atoms with E-state index >= 15 is 0 Å². The average Bonchev–Trinajstić information content (AvgIpc) is 2.99. The summed E-state index contributed by atoms with van der Waals surface area (Å²) in [6.45, 7) is 2.02. The van der Waals surface area contributed by atoms with E-state index in [2.05, 4.69) is 20.8 Å². The number of rotatable bonds is 9. The normalized spacial score (nSPS) is 11.9. The molecule has 1 heterocycles. The first-order valence-corrected chi connectivity index (χ1v) is 8.69. The van der Waals surface area contributed by atoms with Gasteiger partial charge in [-0.3, -0.25) is 9.59 Å². The number of thioether (sulfide) groups is 1.